The van der Waals surface area contributed by atoms with Gasteiger partial charge in [0.1, 0.15) is 0 Å². The first kappa shape index (κ1) is 12.5. The highest BCUT2D eigenvalue weighted by Crippen LogP contribution is 2.16. The van der Waals surface area contributed by atoms with Crippen LogP contribution in [0.25, 0.3) is 0 Å². The molecule has 0 unspecified atom stereocenters. The molecule has 1 fully saturated rings. The van der Waals surface area contributed by atoms with Gasteiger partial charge >= 0.3 is 0 Å². The van der Waals surface area contributed by atoms with Crippen molar-refractivity contribution in [1.29, 1.82) is 0 Å². The first-order valence-corrected chi connectivity index (χ1v) is 7.31. The molecule has 1 atom stereocenters. The van der Waals surface area contributed by atoms with Gasteiger partial charge in [-0.25, -0.2) is 12.7 Å². The quantitative estimate of drug-likeness (QED) is 0.844. The van der Waals surface area contributed by atoms with Crippen LogP contribution in [0.1, 0.15) is 18.4 Å². The second kappa shape index (κ2) is 5.12. The van der Waals surface area contributed by atoms with E-state index in [1.54, 1.807) is 24.5 Å². The van der Waals surface area contributed by atoms with Crippen LogP contribution < -0.4 is 5.73 Å². The highest BCUT2D eigenvalue weighted by Gasteiger charge is 2.27. The lowest BCUT2D eigenvalue weighted by molar-refractivity contribution is 0.315. The van der Waals surface area contributed by atoms with Crippen LogP contribution in [-0.2, 0) is 15.8 Å². The molecule has 0 aliphatic carbocycles. The lowest BCUT2D eigenvalue weighted by Crippen LogP contribution is -2.46. The van der Waals surface area contributed by atoms with E-state index in [0.29, 0.717) is 18.7 Å². The fraction of sp³-hybridized carbons (Fsp3) is 0.545. The SMILES string of the molecule is N[C@@H]1CCCN(S(=O)(=O)Cc2cccnc2)C1. The minimum absolute atomic E-state index is 0.00750. The molecule has 2 heterocycles. The largest absolute Gasteiger partial charge is 0.327 e. The number of nitrogens with two attached hydrogens (primary N) is 1. The van der Waals surface area contributed by atoms with E-state index in [1.165, 1.54) is 4.31 Å². The van der Waals surface area contributed by atoms with E-state index in [-0.39, 0.29) is 11.8 Å². The van der Waals surface area contributed by atoms with Gasteiger partial charge in [-0.3, -0.25) is 4.98 Å². The molecule has 0 saturated carbocycles. The van der Waals surface area contributed by atoms with E-state index in [1.807, 2.05) is 0 Å². The minimum atomic E-state index is -3.26. The van der Waals surface area contributed by atoms with E-state index >= 15 is 0 Å². The number of hydrogen-bond donors (Lipinski definition) is 1. The summed E-state index contributed by atoms with van der Waals surface area (Å²) in [6.45, 7) is 1.01. The van der Waals surface area contributed by atoms with Gasteiger partial charge in [-0.05, 0) is 24.5 Å². The maximum Gasteiger partial charge on any atom is 0.218 e. The fourth-order valence-electron chi connectivity index (χ4n) is 2.01. The summed E-state index contributed by atoms with van der Waals surface area (Å²) in [5.41, 5.74) is 6.51. The van der Waals surface area contributed by atoms with Crippen molar-refractivity contribution in [2.75, 3.05) is 13.1 Å². The highest BCUT2D eigenvalue weighted by atomic mass is 32.2. The number of sulfonamides is 1. The van der Waals surface area contributed by atoms with Crippen LogP contribution in [0.4, 0.5) is 0 Å². The Morgan fingerprint density at radius 1 is 1.53 bits per heavy atom. The zero-order valence-corrected chi connectivity index (χ0v) is 10.4. The number of pyridine rings is 1. The topological polar surface area (TPSA) is 76.3 Å². The van der Waals surface area contributed by atoms with Crippen LogP contribution >= 0.6 is 0 Å². The second-order valence-corrected chi connectivity index (χ2v) is 6.35. The molecular weight excluding hydrogens is 238 g/mol. The van der Waals surface area contributed by atoms with Gasteiger partial charge in [-0.15, -0.1) is 0 Å². The minimum Gasteiger partial charge on any atom is -0.327 e. The molecule has 0 spiro atoms. The third kappa shape index (κ3) is 3.24. The van der Waals surface area contributed by atoms with E-state index in [0.717, 1.165) is 12.8 Å². The lowest BCUT2D eigenvalue weighted by atomic mass is 10.1. The Morgan fingerprint density at radius 2 is 2.35 bits per heavy atom. The molecule has 5 nitrogen and oxygen atoms in total. The summed E-state index contributed by atoms with van der Waals surface area (Å²) < 4.78 is 25.8. The van der Waals surface area contributed by atoms with E-state index in [9.17, 15) is 8.42 Å². The molecule has 1 aliphatic heterocycles. The Morgan fingerprint density at radius 3 is 3.00 bits per heavy atom. The lowest BCUT2D eigenvalue weighted by Gasteiger charge is -2.29. The van der Waals surface area contributed by atoms with Gasteiger partial charge in [-0.1, -0.05) is 6.07 Å². The van der Waals surface area contributed by atoms with Gasteiger partial charge in [0.05, 0.1) is 5.75 Å². The van der Waals surface area contributed by atoms with Crippen molar-refractivity contribution >= 4 is 10.0 Å². The maximum absolute atomic E-state index is 12.1. The second-order valence-electron chi connectivity index (χ2n) is 4.38. The predicted octanol–water partition coefficient (Wildman–Crippen LogP) is 0.334. The predicted molar refractivity (Wildman–Crippen MR) is 65.6 cm³/mol. The fourth-order valence-corrected chi connectivity index (χ4v) is 3.61. The smallest absolute Gasteiger partial charge is 0.218 e. The van der Waals surface area contributed by atoms with Crippen LogP contribution in [0.15, 0.2) is 24.5 Å². The van der Waals surface area contributed by atoms with Gasteiger partial charge in [0, 0.05) is 31.5 Å². The molecule has 0 aromatic carbocycles. The van der Waals surface area contributed by atoms with Gasteiger partial charge in [0.25, 0.3) is 0 Å². The molecule has 0 amide bonds. The molecule has 6 heteroatoms. The van der Waals surface area contributed by atoms with Crippen LogP contribution in [0.2, 0.25) is 0 Å². The van der Waals surface area contributed by atoms with Crippen LogP contribution in [0, 0.1) is 0 Å². The van der Waals surface area contributed by atoms with E-state index in [2.05, 4.69) is 4.98 Å². The Kier molecular flexibility index (Phi) is 3.76. The van der Waals surface area contributed by atoms with Crippen molar-refractivity contribution in [2.45, 2.75) is 24.6 Å². The zero-order valence-electron chi connectivity index (χ0n) is 9.62. The summed E-state index contributed by atoms with van der Waals surface area (Å²) in [7, 11) is -3.26. The summed E-state index contributed by atoms with van der Waals surface area (Å²) in [5.74, 6) is 0.00750. The number of hydrogen-bond acceptors (Lipinski definition) is 4. The van der Waals surface area contributed by atoms with Crippen molar-refractivity contribution in [1.82, 2.24) is 9.29 Å². The van der Waals surface area contributed by atoms with Crippen molar-refractivity contribution in [3.05, 3.63) is 30.1 Å². The van der Waals surface area contributed by atoms with E-state index in [4.69, 9.17) is 5.73 Å². The van der Waals surface area contributed by atoms with Gasteiger partial charge < -0.3 is 5.73 Å². The highest BCUT2D eigenvalue weighted by molar-refractivity contribution is 7.88. The molecule has 1 aliphatic rings. The Balaban J connectivity index is 2.08. The van der Waals surface area contributed by atoms with Crippen molar-refractivity contribution in [3.8, 4) is 0 Å². The van der Waals surface area contributed by atoms with Crippen molar-refractivity contribution in [3.63, 3.8) is 0 Å². The van der Waals surface area contributed by atoms with Crippen LogP contribution in [0.5, 0.6) is 0 Å². The molecule has 0 radical (unpaired) electrons. The molecule has 17 heavy (non-hydrogen) atoms. The van der Waals surface area contributed by atoms with Gasteiger partial charge in [0.15, 0.2) is 0 Å². The molecule has 1 aromatic heterocycles. The maximum atomic E-state index is 12.1. The average molecular weight is 255 g/mol. The molecule has 1 aromatic rings. The molecule has 1 saturated heterocycles. The van der Waals surface area contributed by atoms with Crippen molar-refractivity contribution < 1.29 is 8.42 Å². The molecule has 94 valence electrons. The summed E-state index contributed by atoms with van der Waals surface area (Å²) in [6.07, 6.45) is 4.96. The normalized spacial score (nSPS) is 22.5. The molecule has 2 rings (SSSR count). The Labute approximate surface area is 102 Å². The summed E-state index contributed by atoms with van der Waals surface area (Å²) in [6, 6.07) is 3.48. The summed E-state index contributed by atoms with van der Waals surface area (Å²) >= 11 is 0. The van der Waals surface area contributed by atoms with Gasteiger partial charge in [0.2, 0.25) is 10.0 Å². The van der Waals surface area contributed by atoms with Crippen LogP contribution in [0.3, 0.4) is 0 Å². The Hall–Kier alpha value is -0.980. The molecule has 0 bridgehead atoms. The van der Waals surface area contributed by atoms with E-state index < -0.39 is 10.0 Å². The van der Waals surface area contributed by atoms with Crippen LogP contribution in [-0.4, -0.2) is 36.8 Å². The standard InChI is InChI=1S/C11H17N3O2S/c12-11-4-2-6-14(8-11)17(15,16)9-10-3-1-5-13-7-10/h1,3,5,7,11H,2,4,6,8-9,12H2/t11-/m1/s1. The zero-order chi connectivity index (χ0) is 12.3. The average Bonchev–Trinajstić information content (AvgIpc) is 2.30. The Bertz CT molecular complexity index is 461. The number of aromatic nitrogens is 1. The first-order valence-electron chi connectivity index (χ1n) is 5.70. The monoisotopic (exact) mass is 255 g/mol. The third-order valence-corrected chi connectivity index (χ3v) is 4.70. The number of rotatable bonds is 3. The number of piperidine rings is 1. The summed E-state index contributed by atoms with van der Waals surface area (Å²) in [5, 5.41) is 0. The van der Waals surface area contributed by atoms with Crippen molar-refractivity contribution in [2.24, 2.45) is 5.73 Å². The number of nitrogens with zero attached hydrogens (tertiary/aromatic N) is 2. The van der Waals surface area contributed by atoms with Gasteiger partial charge in [-0.2, -0.15) is 0 Å². The third-order valence-electron chi connectivity index (χ3n) is 2.89. The molecular formula is C11H17N3O2S. The summed E-state index contributed by atoms with van der Waals surface area (Å²) in [4.78, 5) is 3.92. The molecule has 2 N–H and O–H groups in total. The first-order chi connectivity index (χ1) is 8.08.